The Labute approximate surface area is 112 Å². The van der Waals surface area contributed by atoms with Gasteiger partial charge in [0.25, 0.3) is 0 Å². The molecule has 1 saturated heterocycles. The number of aromatic carboxylic acids is 1. The van der Waals surface area contributed by atoms with Crippen LogP contribution >= 0.6 is 0 Å². The van der Waals surface area contributed by atoms with E-state index >= 15 is 0 Å². The minimum atomic E-state index is -1.05. The van der Waals surface area contributed by atoms with Gasteiger partial charge in [0, 0.05) is 19.1 Å². The molecule has 1 atom stereocenters. The quantitative estimate of drug-likeness (QED) is 0.835. The highest BCUT2D eigenvalue weighted by Gasteiger charge is 2.23. The van der Waals surface area contributed by atoms with E-state index in [0.717, 1.165) is 19.6 Å². The third-order valence-corrected chi connectivity index (χ3v) is 3.50. The van der Waals surface area contributed by atoms with E-state index in [4.69, 9.17) is 5.11 Å². The first-order valence-electron chi connectivity index (χ1n) is 6.61. The Kier molecular flexibility index (Phi) is 4.31. The van der Waals surface area contributed by atoms with Crippen LogP contribution in [0.2, 0.25) is 0 Å². The molecule has 1 aromatic rings. The fraction of sp³-hybridized carbons (Fsp3) is 0.615. The second-order valence-electron chi connectivity index (χ2n) is 5.23. The molecule has 6 heteroatoms. The highest BCUT2D eigenvalue weighted by Crippen LogP contribution is 2.18. The molecule has 2 N–H and O–H groups in total. The van der Waals surface area contributed by atoms with Gasteiger partial charge in [-0.05, 0) is 44.9 Å². The van der Waals surface area contributed by atoms with Gasteiger partial charge >= 0.3 is 5.97 Å². The topological polar surface area (TPSA) is 78.4 Å². The molecule has 104 valence electrons. The molecule has 0 aromatic carbocycles. The van der Waals surface area contributed by atoms with Crippen molar-refractivity contribution in [3.05, 3.63) is 17.8 Å². The molecule has 1 aromatic heterocycles. The summed E-state index contributed by atoms with van der Waals surface area (Å²) in [5.74, 6) is 0.193. The fourth-order valence-corrected chi connectivity index (χ4v) is 2.29. The van der Waals surface area contributed by atoms with Gasteiger partial charge in [0.05, 0.1) is 0 Å². The predicted octanol–water partition coefficient (Wildman–Crippen LogP) is 1.32. The van der Waals surface area contributed by atoms with Crippen LogP contribution in [0.4, 0.5) is 5.82 Å². The Bertz CT molecular complexity index is 433. The lowest BCUT2D eigenvalue weighted by Gasteiger charge is -2.20. The van der Waals surface area contributed by atoms with Gasteiger partial charge in [-0.2, -0.15) is 0 Å². The SMILES string of the molecule is CC(C)N1CCC(CNc2ccc(C(=O)O)nn2)C1. The third kappa shape index (κ3) is 3.64. The van der Waals surface area contributed by atoms with E-state index in [1.807, 2.05) is 0 Å². The number of hydrogen-bond acceptors (Lipinski definition) is 5. The van der Waals surface area contributed by atoms with Crippen LogP contribution in [-0.2, 0) is 0 Å². The molecule has 2 heterocycles. The van der Waals surface area contributed by atoms with Crippen LogP contribution in [-0.4, -0.2) is 51.8 Å². The van der Waals surface area contributed by atoms with Crippen LogP contribution in [0.25, 0.3) is 0 Å². The van der Waals surface area contributed by atoms with Gasteiger partial charge in [-0.15, -0.1) is 10.2 Å². The average Bonchev–Trinajstić information content (AvgIpc) is 2.86. The van der Waals surface area contributed by atoms with Gasteiger partial charge in [0.15, 0.2) is 5.69 Å². The third-order valence-electron chi connectivity index (χ3n) is 3.50. The first-order chi connectivity index (χ1) is 9.06. The first kappa shape index (κ1) is 13.7. The lowest BCUT2D eigenvalue weighted by molar-refractivity contribution is 0.0689. The predicted molar refractivity (Wildman–Crippen MR) is 72.3 cm³/mol. The summed E-state index contributed by atoms with van der Waals surface area (Å²) in [6.07, 6.45) is 1.19. The zero-order chi connectivity index (χ0) is 13.8. The number of carboxylic acid groups (broad SMARTS) is 1. The maximum absolute atomic E-state index is 10.7. The van der Waals surface area contributed by atoms with Crippen LogP contribution in [0.5, 0.6) is 0 Å². The van der Waals surface area contributed by atoms with Crippen molar-refractivity contribution < 1.29 is 9.90 Å². The largest absolute Gasteiger partial charge is 0.476 e. The molecule has 1 unspecified atom stereocenters. The van der Waals surface area contributed by atoms with E-state index < -0.39 is 5.97 Å². The average molecular weight is 264 g/mol. The van der Waals surface area contributed by atoms with E-state index in [1.165, 1.54) is 12.5 Å². The molecule has 0 bridgehead atoms. The molecule has 1 aliphatic heterocycles. The van der Waals surface area contributed by atoms with Crippen LogP contribution in [0.15, 0.2) is 12.1 Å². The maximum atomic E-state index is 10.7. The number of nitrogens with zero attached hydrogens (tertiary/aromatic N) is 3. The number of anilines is 1. The summed E-state index contributed by atoms with van der Waals surface area (Å²) in [6.45, 7) is 7.53. The van der Waals surface area contributed by atoms with Crippen molar-refractivity contribution in [2.75, 3.05) is 25.0 Å². The lowest BCUT2D eigenvalue weighted by Crippen LogP contribution is -2.29. The molecule has 0 spiro atoms. The van der Waals surface area contributed by atoms with Crippen molar-refractivity contribution >= 4 is 11.8 Å². The monoisotopic (exact) mass is 264 g/mol. The highest BCUT2D eigenvalue weighted by molar-refractivity contribution is 5.85. The molecule has 1 aliphatic rings. The van der Waals surface area contributed by atoms with Crippen LogP contribution < -0.4 is 5.32 Å². The van der Waals surface area contributed by atoms with Gasteiger partial charge in [0.2, 0.25) is 0 Å². The molecular formula is C13H20N4O2. The minimum Gasteiger partial charge on any atom is -0.476 e. The fourth-order valence-electron chi connectivity index (χ4n) is 2.29. The molecule has 1 fully saturated rings. The number of rotatable bonds is 5. The van der Waals surface area contributed by atoms with Gasteiger partial charge in [-0.25, -0.2) is 4.79 Å². The molecule has 2 rings (SSSR count). The van der Waals surface area contributed by atoms with Crippen molar-refractivity contribution in [1.82, 2.24) is 15.1 Å². The smallest absolute Gasteiger partial charge is 0.356 e. The Hall–Kier alpha value is -1.69. The van der Waals surface area contributed by atoms with E-state index in [2.05, 4.69) is 34.3 Å². The summed E-state index contributed by atoms with van der Waals surface area (Å²) in [6, 6.07) is 3.72. The van der Waals surface area contributed by atoms with Crippen molar-refractivity contribution in [2.45, 2.75) is 26.3 Å². The standard InChI is InChI=1S/C13H20N4O2/c1-9(2)17-6-5-10(8-17)7-14-12-4-3-11(13(18)19)15-16-12/h3-4,9-10H,5-8H2,1-2H3,(H,14,16)(H,18,19). The maximum Gasteiger partial charge on any atom is 0.356 e. The Morgan fingerprint density at radius 1 is 1.53 bits per heavy atom. The summed E-state index contributed by atoms with van der Waals surface area (Å²) in [5.41, 5.74) is -0.0302. The summed E-state index contributed by atoms with van der Waals surface area (Å²) in [4.78, 5) is 13.1. The molecular weight excluding hydrogens is 244 g/mol. The second-order valence-corrected chi connectivity index (χ2v) is 5.23. The van der Waals surface area contributed by atoms with Gasteiger partial charge < -0.3 is 15.3 Å². The lowest BCUT2D eigenvalue weighted by atomic mass is 10.1. The van der Waals surface area contributed by atoms with E-state index in [-0.39, 0.29) is 5.69 Å². The minimum absolute atomic E-state index is 0.0302. The summed E-state index contributed by atoms with van der Waals surface area (Å²) < 4.78 is 0. The normalized spacial score (nSPS) is 19.8. The van der Waals surface area contributed by atoms with Crippen LogP contribution in [0, 0.1) is 5.92 Å². The zero-order valence-corrected chi connectivity index (χ0v) is 11.3. The van der Waals surface area contributed by atoms with Crippen molar-refractivity contribution in [1.29, 1.82) is 0 Å². The number of carbonyl (C=O) groups is 1. The molecule has 0 amide bonds. The second kappa shape index (κ2) is 5.97. The Balaban J connectivity index is 1.81. The number of likely N-dealkylation sites (tertiary alicyclic amines) is 1. The van der Waals surface area contributed by atoms with E-state index in [0.29, 0.717) is 17.8 Å². The van der Waals surface area contributed by atoms with Crippen molar-refractivity contribution in [3.8, 4) is 0 Å². The summed E-state index contributed by atoms with van der Waals surface area (Å²) in [7, 11) is 0. The van der Waals surface area contributed by atoms with E-state index in [1.54, 1.807) is 6.07 Å². The molecule has 19 heavy (non-hydrogen) atoms. The Morgan fingerprint density at radius 2 is 2.32 bits per heavy atom. The number of hydrogen-bond donors (Lipinski definition) is 2. The molecule has 0 radical (unpaired) electrons. The Morgan fingerprint density at radius 3 is 2.84 bits per heavy atom. The summed E-state index contributed by atoms with van der Waals surface area (Å²) in [5, 5.41) is 19.5. The number of aromatic nitrogens is 2. The van der Waals surface area contributed by atoms with Crippen LogP contribution in [0.1, 0.15) is 30.8 Å². The summed E-state index contributed by atoms with van der Waals surface area (Å²) >= 11 is 0. The number of nitrogens with one attached hydrogen (secondary N) is 1. The van der Waals surface area contributed by atoms with E-state index in [9.17, 15) is 4.79 Å². The van der Waals surface area contributed by atoms with Gasteiger partial charge in [0.1, 0.15) is 5.82 Å². The number of carboxylic acids is 1. The molecule has 6 nitrogen and oxygen atoms in total. The van der Waals surface area contributed by atoms with Gasteiger partial charge in [-0.3, -0.25) is 0 Å². The van der Waals surface area contributed by atoms with Crippen LogP contribution in [0.3, 0.4) is 0 Å². The van der Waals surface area contributed by atoms with Gasteiger partial charge in [-0.1, -0.05) is 0 Å². The first-order valence-corrected chi connectivity index (χ1v) is 6.61. The molecule has 0 saturated carbocycles. The molecule has 0 aliphatic carbocycles. The van der Waals surface area contributed by atoms with Crippen molar-refractivity contribution in [3.63, 3.8) is 0 Å². The van der Waals surface area contributed by atoms with Crippen molar-refractivity contribution in [2.24, 2.45) is 5.92 Å². The highest BCUT2D eigenvalue weighted by atomic mass is 16.4. The zero-order valence-electron chi connectivity index (χ0n) is 11.3.